The first-order valence-electron chi connectivity index (χ1n) is 7.27. The summed E-state index contributed by atoms with van der Waals surface area (Å²) >= 11 is 11.7. The molecule has 0 spiro atoms. The Balaban J connectivity index is 2.02. The molecule has 132 valence electrons. The fraction of sp³-hybridized carbons (Fsp3) is 0. The molecule has 4 N–H and O–H groups in total. The van der Waals surface area contributed by atoms with Crippen molar-refractivity contribution in [1.29, 1.82) is 0 Å². The van der Waals surface area contributed by atoms with Crippen molar-refractivity contribution in [2.24, 2.45) is 0 Å². The van der Waals surface area contributed by atoms with E-state index < -0.39 is 28.5 Å². The molecule has 2 aromatic carbocycles. The van der Waals surface area contributed by atoms with Crippen LogP contribution in [-0.2, 0) is 0 Å². The van der Waals surface area contributed by atoms with Crippen LogP contribution in [0, 0.1) is 0 Å². The van der Waals surface area contributed by atoms with Crippen molar-refractivity contribution < 1.29 is 9.90 Å². The van der Waals surface area contributed by atoms with Crippen molar-refractivity contribution >= 4 is 51.5 Å². The standard InChI is InChI=1S/C17H11Cl2N3O4/c18-8-5-9(19)7-10(6-8)20-17(26)22-13-14(23)11-3-1-2-4-12(11)21-16(25)15(13)24/h1-7H,(H4,20,21,22,23,24,25,26). The van der Waals surface area contributed by atoms with Gasteiger partial charge in [-0.2, -0.15) is 0 Å². The molecule has 0 radical (unpaired) electrons. The zero-order valence-corrected chi connectivity index (χ0v) is 14.5. The number of nitrogens with one attached hydrogen (secondary N) is 3. The van der Waals surface area contributed by atoms with Crippen molar-refractivity contribution in [3.8, 4) is 5.75 Å². The second-order valence-corrected chi connectivity index (χ2v) is 6.16. The van der Waals surface area contributed by atoms with Gasteiger partial charge in [0, 0.05) is 21.1 Å². The van der Waals surface area contributed by atoms with Gasteiger partial charge < -0.3 is 20.7 Å². The molecule has 3 aromatic rings. The zero-order chi connectivity index (χ0) is 18.8. The molecule has 9 heteroatoms. The Bertz CT molecular complexity index is 1120. The summed E-state index contributed by atoms with van der Waals surface area (Å²) in [4.78, 5) is 39.2. The highest BCUT2D eigenvalue weighted by Gasteiger charge is 2.15. The number of urea groups is 1. The zero-order valence-electron chi connectivity index (χ0n) is 13.0. The van der Waals surface area contributed by atoms with Gasteiger partial charge in [0.1, 0.15) is 5.69 Å². The lowest BCUT2D eigenvalue weighted by Crippen LogP contribution is -2.23. The molecular weight excluding hydrogens is 381 g/mol. The predicted octanol–water partition coefficient (Wildman–Crippen LogP) is 3.54. The minimum Gasteiger partial charge on any atom is -0.501 e. The average molecular weight is 392 g/mol. The Kier molecular flexibility index (Phi) is 4.83. The number of H-pyrrole nitrogens is 1. The molecule has 26 heavy (non-hydrogen) atoms. The molecule has 0 bridgehead atoms. The van der Waals surface area contributed by atoms with Crippen LogP contribution in [0.15, 0.2) is 52.1 Å². The van der Waals surface area contributed by atoms with Crippen molar-refractivity contribution in [1.82, 2.24) is 4.98 Å². The summed E-state index contributed by atoms with van der Waals surface area (Å²) < 4.78 is 0. The molecule has 0 aliphatic carbocycles. The molecule has 0 aliphatic rings. The van der Waals surface area contributed by atoms with E-state index in [4.69, 9.17) is 23.2 Å². The Morgan fingerprint density at radius 1 is 1.00 bits per heavy atom. The molecule has 0 unspecified atom stereocenters. The number of aromatic nitrogens is 1. The van der Waals surface area contributed by atoms with Crippen LogP contribution in [0.3, 0.4) is 0 Å². The third-order valence-corrected chi connectivity index (χ3v) is 3.89. The number of fused-ring (bicyclic) bond motifs is 1. The van der Waals surface area contributed by atoms with Crippen LogP contribution in [-0.4, -0.2) is 16.1 Å². The number of carbonyl (C=O) groups excluding carboxylic acids is 1. The number of aromatic amines is 1. The maximum Gasteiger partial charge on any atom is 0.323 e. The molecule has 2 amide bonds. The highest BCUT2D eigenvalue weighted by atomic mass is 35.5. The lowest BCUT2D eigenvalue weighted by Gasteiger charge is -2.08. The number of carbonyl (C=O) groups is 1. The van der Waals surface area contributed by atoms with E-state index in [9.17, 15) is 19.5 Å². The number of amides is 2. The van der Waals surface area contributed by atoms with E-state index >= 15 is 0 Å². The lowest BCUT2D eigenvalue weighted by atomic mass is 10.2. The molecule has 1 aromatic heterocycles. The Hall–Kier alpha value is -3.03. The molecular formula is C17H11Cl2N3O4. The maximum atomic E-state index is 12.6. The third kappa shape index (κ3) is 3.63. The van der Waals surface area contributed by atoms with Gasteiger partial charge in [0.15, 0.2) is 0 Å². The van der Waals surface area contributed by atoms with Crippen LogP contribution in [0.1, 0.15) is 0 Å². The van der Waals surface area contributed by atoms with Crippen LogP contribution >= 0.6 is 23.2 Å². The average Bonchev–Trinajstić information content (AvgIpc) is 2.65. The van der Waals surface area contributed by atoms with Gasteiger partial charge in [-0.15, -0.1) is 0 Å². The number of anilines is 2. The number of halogens is 2. The number of para-hydroxylation sites is 1. The maximum absolute atomic E-state index is 12.6. The van der Waals surface area contributed by atoms with Gasteiger partial charge in [-0.1, -0.05) is 35.3 Å². The van der Waals surface area contributed by atoms with Crippen LogP contribution in [0.4, 0.5) is 16.2 Å². The molecule has 0 saturated heterocycles. The third-order valence-electron chi connectivity index (χ3n) is 3.46. The number of aromatic hydroxyl groups is 1. The van der Waals surface area contributed by atoms with Gasteiger partial charge in [0.25, 0.3) is 5.56 Å². The van der Waals surface area contributed by atoms with E-state index in [1.54, 1.807) is 12.1 Å². The van der Waals surface area contributed by atoms with Crippen LogP contribution < -0.4 is 21.6 Å². The van der Waals surface area contributed by atoms with E-state index in [1.165, 1.54) is 30.3 Å². The Morgan fingerprint density at radius 2 is 1.65 bits per heavy atom. The van der Waals surface area contributed by atoms with Gasteiger partial charge in [0.2, 0.25) is 11.2 Å². The van der Waals surface area contributed by atoms with E-state index in [1.807, 2.05) is 0 Å². The summed E-state index contributed by atoms with van der Waals surface area (Å²) in [6, 6.07) is 9.70. The van der Waals surface area contributed by atoms with Crippen molar-refractivity contribution in [3.05, 3.63) is 73.1 Å². The van der Waals surface area contributed by atoms with Crippen molar-refractivity contribution in [3.63, 3.8) is 0 Å². The number of hydrogen-bond donors (Lipinski definition) is 4. The van der Waals surface area contributed by atoms with E-state index in [-0.39, 0.29) is 16.6 Å². The van der Waals surface area contributed by atoms with Gasteiger partial charge >= 0.3 is 6.03 Å². The second kappa shape index (κ2) is 7.07. The summed E-state index contributed by atoms with van der Waals surface area (Å²) in [7, 11) is 0. The molecule has 7 nitrogen and oxygen atoms in total. The van der Waals surface area contributed by atoms with Gasteiger partial charge in [0.05, 0.1) is 5.52 Å². The Morgan fingerprint density at radius 3 is 2.35 bits per heavy atom. The van der Waals surface area contributed by atoms with E-state index in [0.29, 0.717) is 10.0 Å². The molecule has 0 atom stereocenters. The van der Waals surface area contributed by atoms with E-state index in [2.05, 4.69) is 15.6 Å². The first-order chi connectivity index (χ1) is 12.3. The summed E-state index contributed by atoms with van der Waals surface area (Å²) in [5.41, 5.74) is -1.67. The first-order valence-corrected chi connectivity index (χ1v) is 8.03. The SMILES string of the molecule is O=C(Nc1cc(Cl)cc(Cl)c1)Nc1c(O)c(=O)[nH]c2ccccc2c1=O. The van der Waals surface area contributed by atoms with Gasteiger partial charge in [-0.3, -0.25) is 9.59 Å². The highest BCUT2D eigenvalue weighted by molar-refractivity contribution is 6.35. The predicted molar refractivity (Wildman–Crippen MR) is 102 cm³/mol. The monoisotopic (exact) mass is 391 g/mol. The van der Waals surface area contributed by atoms with Gasteiger partial charge in [-0.05, 0) is 30.3 Å². The minimum atomic E-state index is -0.913. The summed E-state index contributed by atoms with van der Waals surface area (Å²) in [5.74, 6) is -0.898. The smallest absolute Gasteiger partial charge is 0.323 e. The lowest BCUT2D eigenvalue weighted by molar-refractivity contribution is 0.262. The fourth-order valence-corrected chi connectivity index (χ4v) is 2.87. The summed E-state index contributed by atoms with van der Waals surface area (Å²) in [6.07, 6.45) is 0. The summed E-state index contributed by atoms with van der Waals surface area (Å²) in [6.45, 7) is 0. The topological polar surface area (TPSA) is 111 Å². The molecule has 0 fully saturated rings. The van der Waals surface area contributed by atoms with Crippen molar-refractivity contribution in [2.75, 3.05) is 10.6 Å². The number of benzene rings is 2. The van der Waals surface area contributed by atoms with Gasteiger partial charge in [-0.25, -0.2) is 4.79 Å². The summed E-state index contributed by atoms with van der Waals surface area (Å²) in [5, 5.41) is 15.4. The largest absolute Gasteiger partial charge is 0.501 e. The fourth-order valence-electron chi connectivity index (χ4n) is 2.35. The number of rotatable bonds is 2. The first kappa shape index (κ1) is 17.8. The van der Waals surface area contributed by atoms with Crippen LogP contribution in [0.25, 0.3) is 10.9 Å². The normalized spacial score (nSPS) is 10.5. The van der Waals surface area contributed by atoms with Crippen molar-refractivity contribution in [2.45, 2.75) is 0 Å². The molecule has 0 saturated carbocycles. The minimum absolute atomic E-state index is 0.131. The molecule has 1 heterocycles. The van der Waals surface area contributed by atoms with Crippen LogP contribution in [0.5, 0.6) is 5.75 Å². The second-order valence-electron chi connectivity index (χ2n) is 5.29. The molecule has 3 rings (SSSR count). The number of hydrogen-bond acceptors (Lipinski definition) is 4. The molecule has 0 aliphatic heterocycles. The van der Waals surface area contributed by atoms with Crippen LogP contribution in [0.2, 0.25) is 10.0 Å². The van der Waals surface area contributed by atoms with E-state index in [0.717, 1.165) is 0 Å². The quantitative estimate of drug-likeness (QED) is 0.535. The Labute approximate surface area is 156 Å². The highest BCUT2D eigenvalue weighted by Crippen LogP contribution is 2.23.